The van der Waals surface area contributed by atoms with Crippen molar-refractivity contribution in [2.24, 2.45) is 7.05 Å². The van der Waals surface area contributed by atoms with Gasteiger partial charge in [0.05, 0.1) is 62.9 Å². The molecule has 19 heteroatoms. The summed E-state index contributed by atoms with van der Waals surface area (Å²) in [6.45, 7) is 10.7. The van der Waals surface area contributed by atoms with Crippen molar-refractivity contribution in [2.75, 3.05) is 67.9 Å². The van der Waals surface area contributed by atoms with Crippen molar-refractivity contribution >= 4 is 78.4 Å². The average molecular weight is 775 g/mol. The number of carbonyl (C=O) groups excluding carboxylic acids is 2. The number of hydrogen-bond donors (Lipinski definition) is 2. The van der Waals surface area contributed by atoms with Gasteiger partial charge < -0.3 is 39.2 Å². The molecule has 5 aromatic rings. The van der Waals surface area contributed by atoms with Gasteiger partial charge >= 0.3 is 18.3 Å². The van der Waals surface area contributed by atoms with Crippen LogP contribution in [0.1, 0.15) is 48.4 Å². The molecule has 3 aromatic carbocycles. The Morgan fingerprint density at radius 1 is 0.889 bits per heavy atom. The van der Waals surface area contributed by atoms with Gasteiger partial charge in [-0.15, -0.1) is 13.2 Å². The molecule has 0 atom stereocenters. The second-order valence-corrected chi connectivity index (χ2v) is 12.4. The number of nitro groups is 1. The number of anilines is 5. The number of esters is 2. The minimum atomic E-state index is -4.76. The van der Waals surface area contributed by atoms with Crippen molar-refractivity contribution in [1.29, 1.82) is 0 Å². The predicted molar refractivity (Wildman–Crippen MR) is 203 cm³/mol. The summed E-state index contributed by atoms with van der Waals surface area (Å²) >= 11 is 1.17. The summed E-state index contributed by atoms with van der Waals surface area (Å²) in [5.41, 5.74) is 4.10. The van der Waals surface area contributed by atoms with E-state index in [0.29, 0.717) is 69.9 Å². The molecule has 0 amide bonds. The molecule has 0 saturated carbocycles. The molecule has 0 spiro atoms. The van der Waals surface area contributed by atoms with E-state index in [9.17, 15) is 32.9 Å². The first-order valence-corrected chi connectivity index (χ1v) is 17.5. The molecular weight excluding hydrogens is 733 g/mol. The molecule has 15 nitrogen and oxygen atoms in total. The van der Waals surface area contributed by atoms with Crippen molar-refractivity contribution in [3.63, 3.8) is 0 Å². The number of nitro benzene ring substituents is 1. The molecule has 0 radical (unpaired) electrons. The fourth-order valence-corrected chi connectivity index (χ4v) is 6.60. The lowest BCUT2D eigenvalue weighted by molar-refractivity contribution is -0.384. The highest BCUT2D eigenvalue weighted by Gasteiger charge is 2.31. The van der Waals surface area contributed by atoms with Crippen molar-refractivity contribution in [2.45, 2.75) is 34.1 Å². The molecule has 0 aliphatic carbocycles. The minimum absolute atomic E-state index is 0.149. The molecule has 0 bridgehead atoms. The van der Waals surface area contributed by atoms with Gasteiger partial charge in [-0.2, -0.15) is 0 Å². The molecular formula is C35H41F3N8O7S. The fraction of sp³-hybridized carbons (Fsp3) is 0.371. The number of hydrogen-bond acceptors (Lipinski definition) is 14. The van der Waals surface area contributed by atoms with E-state index in [1.54, 1.807) is 19.2 Å². The SMILES string of the molecule is CCN(CC)c1cc(NC)c([N+](=O)[O-])cc1C(=O)OC.CCN(CC)c1cc2c(cc1C(=O)OC)nc(Nc1nc3ccc(OC(F)(F)F)cc3s1)n2C. The molecule has 0 unspecified atom stereocenters. The van der Waals surface area contributed by atoms with Gasteiger partial charge in [-0.3, -0.25) is 10.1 Å². The maximum Gasteiger partial charge on any atom is 0.573 e. The van der Waals surface area contributed by atoms with E-state index in [2.05, 4.69) is 30.2 Å². The van der Waals surface area contributed by atoms with Crippen LogP contribution in [-0.4, -0.2) is 85.2 Å². The van der Waals surface area contributed by atoms with Gasteiger partial charge in [0.25, 0.3) is 5.69 Å². The van der Waals surface area contributed by atoms with Crippen molar-refractivity contribution < 1.29 is 41.9 Å². The Kier molecular flexibility index (Phi) is 13.1. The van der Waals surface area contributed by atoms with Crippen LogP contribution >= 0.6 is 11.3 Å². The zero-order chi connectivity index (χ0) is 39.9. The van der Waals surface area contributed by atoms with Gasteiger partial charge in [0.15, 0.2) is 5.13 Å². The van der Waals surface area contributed by atoms with E-state index in [1.807, 2.05) is 50.3 Å². The summed E-state index contributed by atoms with van der Waals surface area (Å²) < 4.78 is 53.6. The van der Waals surface area contributed by atoms with Crippen LogP contribution < -0.4 is 25.2 Å². The van der Waals surface area contributed by atoms with E-state index in [4.69, 9.17) is 9.47 Å². The van der Waals surface area contributed by atoms with Crippen LogP contribution in [0.3, 0.4) is 0 Å². The third-order valence-electron chi connectivity index (χ3n) is 8.41. The van der Waals surface area contributed by atoms with Crippen LogP contribution in [0.4, 0.5) is 47.0 Å². The summed E-state index contributed by atoms with van der Waals surface area (Å²) in [6, 6.07) is 10.4. The van der Waals surface area contributed by atoms with Crippen LogP contribution in [0.15, 0.2) is 42.5 Å². The molecule has 290 valence electrons. The van der Waals surface area contributed by atoms with Gasteiger partial charge in [-0.1, -0.05) is 11.3 Å². The number of aromatic nitrogens is 3. The van der Waals surface area contributed by atoms with Crippen LogP contribution in [0, 0.1) is 10.1 Å². The summed E-state index contributed by atoms with van der Waals surface area (Å²) in [4.78, 5) is 47.8. The second kappa shape index (κ2) is 17.3. The number of nitrogens with zero attached hydrogens (tertiary/aromatic N) is 6. The molecule has 0 saturated heterocycles. The van der Waals surface area contributed by atoms with E-state index in [-0.39, 0.29) is 17.0 Å². The smallest absolute Gasteiger partial charge is 0.465 e. The monoisotopic (exact) mass is 774 g/mol. The lowest BCUT2D eigenvalue weighted by Crippen LogP contribution is -2.24. The molecule has 2 N–H and O–H groups in total. The third kappa shape index (κ3) is 9.02. The van der Waals surface area contributed by atoms with Crippen molar-refractivity contribution in [3.8, 4) is 5.75 Å². The number of imidazole rings is 1. The summed E-state index contributed by atoms with van der Waals surface area (Å²) in [6.07, 6.45) is -4.76. The van der Waals surface area contributed by atoms with E-state index in [0.717, 1.165) is 11.2 Å². The second-order valence-electron chi connectivity index (χ2n) is 11.4. The van der Waals surface area contributed by atoms with Gasteiger partial charge in [-0.05, 0) is 58.0 Å². The normalized spacial score (nSPS) is 11.1. The highest BCUT2D eigenvalue weighted by atomic mass is 32.1. The first kappa shape index (κ1) is 40.9. The number of benzene rings is 3. The third-order valence-corrected chi connectivity index (χ3v) is 9.34. The molecule has 0 aliphatic heterocycles. The Bertz CT molecular complexity index is 2150. The number of methoxy groups -OCH3 is 2. The summed E-state index contributed by atoms with van der Waals surface area (Å²) in [5, 5.41) is 17.4. The summed E-state index contributed by atoms with van der Waals surface area (Å²) in [5.74, 6) is -0.879. The maximum absolute atomic E-state index is 12.5. The Labute approximate surface area is 312 Å². The first-order valence-electron chi connectivity index (χ1n) is 16.7. The van der Waals surface area contributed by atoms with Crippen molar-refractivity contribution in [3.05, 3.63) is 63.7 Å². The number of halogens is 3. The molecule has 2 heterocycles. The number of thiazole rings is 1. The molecule has 2 aromatic heterocycles. The number of rotatable bonds is 13. The molecule has 54 heavy (non-hydrogen) atoms. The quantitative estimate of drug-likeness (QED) is 0.0679. The molecule has 0 fully saturated rings. The van der Waals surface area contributed by atoms with Crippen LogP contribution in [0.5, 0.6) is 5.75 Å². The predicted octanol–water partition coefficient (Wildman–Crippen LogP) is 7.73. The highest BCUT2D eigenvalue weighted by molar-refractivity contribution is 7.22. The van der Waals surface area contributed by atoms with Crippen LogP contribution in [0.2, 0.25) is 0 Å². The van der Waals surface area contributed by atoms with Gasteiger partial charge in [0.2, 0.25) is 5.95 Å². The zero-order valence-corrected chi connectivity index (χ0v) is 31.8. The number of aryl methyl sites for hydroxylation is 1. The Morgan fingerprint density at radius 3 is 1.98 bits per heavy atom. The van der Waals surface area contributed by atoms with Gasteiger partial charge in [0, 0.05) is 52.4 Å². The first-order chi connectivity index (χ1) is 25.6. The Hall–Kier alpha value is -5.85. The van der Waals surface area contributed by atoms with Gasteiger partial charge in [-0.25, -0.2) is 19.6 Å². The van der Waals surface area contributed by atoms with E-state index >= 15 is 0 Å². The lowest BCUT2D eigenvalue weighted by atomic mass is 10.1. The highest BCUT2D eigenvalue weighted by Crippen LogP contribution is 2.36. The minimum Gasteiger partial charge on any atom is -0.465 e. The fourth-order valence-electron chi connectivity index (χ4n) is 5.72. The van der Waals surface area contributed by atoms with E-state index in [1.165, 1.54) is 49.8 Å². The summed E-state index contributed by atoms with van der Waals surface area (Å²) in [7, 11) is 6.02. The van der Waals surface area contributed by atoms with Gasteiger partial charge in [0.1, 0.15) is 11.4 Å². The standard InChI is InChI=1S/C22H22F3N5O3S.C13H19N3O4/c1-5-30(6-2)16-11-17-15(10-13(16)19(31)32-4)26-20(29(17)3)28-21-27-14-8-7-12(9-18(14)34-21)33-22(23,24)25;1-5-15(6-2)11-8-10(14-3)12(16(18)19)7-9(11)13(17)20-4/h7-11H,5-6H2,1-4H3,(H,26,27,28);7-8,14H,5-6H2,1-4H3. The maximum atomic E-state index is 12.5. The topological polar surface area (TPSA) is 166 Å². The molecule has 0 aliphatic rings. The van der Waals surface area contributed by atoms with Crippen molar-refractivity contribution in [1.82, 2.24) is 14.5 Å². The number of nitrogens with one attached hydrogen (secondary N) is 2. The van der Waals surface area contributed by atoms with Crippen LogP contribution in [-0.2, 0) is 16.5 Å². The zero-order valence-electron chi connectivity index (χ0n) is 31.0. The number of ether oxygens (including phenoxy) is 3. The number of fused-ring (bicyclic) bond motifs is 2. The lowest BCUT2D eigenvalue weighted by Gasteiger charge is -2.24. The molecule has 5 rings (SSSR count). The largest absolute Gasteiger partial charge is 0.573 e. The number of alkyl halides is 3. The average Bonchev–Trinajstić information content (AvgIpc) is 3.69. The Morgan fingerprint density at radius 2 is 1.46 bits per heavy atom. The van der Waals surface area contributed by atoms with Crippen LogP contribution in [0.25, 0.3) is 21.3 Å². The number of carbonyl (C=O) groups is 2. The Balaban J connectivity index is 0.000000278. The van der Waals surface area contributed by atoms with E-state index < -0.39 is 23.2 Å².